The molecule has 138 valence electrons. The molecule has 2 rings (SSSR count). The second kappa shape index (κ2) is 8.94. The molecule has 0 aromatic heterocycles. The second-order valence-electron chi connectivity index (χ2n) is 5.66. The number of carbonyl (C=O) groups excluding carboxylic acids is 2. The molecule has 0 aliphatic heterocycles. The zero-order valence-electron chi connectivity index (χ0n) is 14.4. The summed E-state index contributed by atoms with van der Waals surface area (Å²) in [6.45, 7) is 3.38. The number of halogens is 2. The molecule has 0 unspecified atom stereocenters. The number of nitrogens with one attached hydrogen (secondary N) is 1. The molecule has 7 heteroatoms. The highest BCUT2D eigenvalue weighted by molar-refractivity contribution is 5.95. The Labute approximate surface area is 149 Å². The number of hydrogen-bond acceptors (Lipinski definition) is 4. The van der Waals surface area contributed by atoms with Crippen LogP contribution < -0.4 is 10.1 Å². The van der Waals surface area contributed by atoms with E-state index < -0.39 is 29.6 Å². The molecule has 26 heavy (non-hydrogen) atoms. The van der Waals surface area contributed by atoms with E-state index in [1.54, 1.807) is 12.1 Å². The first-order chi connectivity index (χ1) is 12.3. The van der Waals surface area contributed by atoms with Gasteiger partial charge in [0.25, 0.3) is 5.91 Å². The van der Waals surface area contributed by atoms with Crippen LogP contribution in [0.5, 0.6) is 5.75 Å². The van der Waals surface area contributed by atoms with Crippen molar-refractivity contribution in [2.75, 3.05) is 11.9 Å². The van der Waals surface area contributed by atoms with Crippen molar-refractivity contribution in [3.05, 3.63) is 59.7 Å². The number of amides is 1. The number of carbonyl (C=O) groups is 2. The molecule has 5 nitrogen and oxygen atoms in total. The van der Waals surface area contributed by atoms with Gasteiger partial charge >= 0.3 is 5.97 Å². The fourth-order valence-corrected chi connectivity index (χ4v) is 2.02. The van der Waals surface area contributed by atoms with E-state index in [1.165, 1.54) is 6.92 Å². The van der Waals surface area contributed by atoms with Gasteiger partial charge in [-0.25, -0.2) is 8.78 Å². The van der Waals surface area contributed by atoms with Crippen molar-refractivity contribution in [3.63, 3.8) is 0 Å². The number of esters is 1. The molecule has 1 amide bonds. The summed E-state index contributed by atoms with van der Waals surface area (Å²) in [5.41, 5.74) is 0.770. The first-order valence-electron chi connectivity index (χ1n) is 8.00. The predicted octanol–water partition coefficient (Wildman–Crippen LogP) is 3.61. The third-order valence-corrected chi connectivity index (χ3v) is 3.46. The summed E-state index contributed by atoms with van der Waals surface area (Å²) in [4.78, 5) is 23.7. The molecule has 0 radical (unpaired) electrons. The summed E-state index contributed by atoms with van der Waals surface area (Å²) in [5.74, 6) is -2.26. The van der Waals surface area contributed by atoms with Gasteiger partial charge in [-0.3, -0.25) is 9.59 Å². The monoisotopic (exact) mass is 363 g/mol. The first-order valence-corrected chi connectivity index (χ1v) is 8.00. The van der Waals surface area contributed by atoms with Crippen molar-refractivity contribution >= 4 is 17.6 Å². The molecule has 0 bridgehead atoms. The number of hydrogen-bond donors (Lipinski definition) is 1. The van der Waals surface area contributed by atoms with Gasteiger partial charge < -0.3 is 14.8 Å². The van der Waals surface area contributed by atoms with Crippen molar-refractivity contribution in [2.45, 2.75) is 26.4 Å². The van der Waals surface area contributed by atoms with Gasteiger partial charge in [-0.2, -0.15) is 0 Å². The lowest BCUT2D eigenvalue weighted by molar-refractivity contribution is -0.153. The highest BCUT2D eigenvalue weighted by Gasteiger charge is 2.19. The molecule has 0 fully saturated rings. The van der Waals surface area contributed by atoms with Gasteiger partial charge in [0.15, 0.2) is 6.10 Å². The Morgan fingerprint density at radius 3 is 2.50 bits per heavy atom. The Kier molecular flexibility index (Phi) is 6.66. The second-order valence-corrected chi connectivity index (χ2v) is 5.66. The van der Waals surface area contributed by atoms with E-state index in [9.17, 15) is 18.4 Å². The van der Waals surface area contributed by atoms with Crippen molar-refractivity contribution in [1.82, 2.24) is 0 Å². The minimum atomic E-state index is -1.16. The first kappa shape index (κ1) is 19.4. The Bertz CT molecular complexity index is 778. The maximum absolute atomic E-state index is 13.5. The largest absolute Gasteiger partial charge is 0.493 e. The molecule has 1 atom stereocenters. The number of ether oxygens (including phenoxy) is 2. The van der Waals surface area contributed by atoms with E-state index in [0.717, 1.165) is 23.8 Å². The molecule has 0 aliphatic carbocycles. The SMILES string of the molecule is Cc1ccc(OCCC(=O)O[C@@H](C)C(=O)Nc2cc(F)ccc2F)cc1. The van der Waals surface area contributed by atoms with Crippen LogP contribution in [-0.4, -0.2) is 24.6 Å². The maximum Gasteiger partial charge on any atom is 0.310 e. The van der Waals surface area contributed by atoms with Crippen LogP contribution in [-0.2, 0) is 14.3 Å². The third kappa shape index (κ3) is 5.84. The minimum Gasteiger partial charge on any atom is -0.493 e. The van der Waals surface area contributed by atoms with Gasteiger partial charge in [-0.1, -0.05) is 17.7 Å². The number of anilines is 1. The Hall–Kier alpha value is -2.96. The van der Waals surface area contributed by atoms with E-state index in [4.69, 9.17) is 9.47 Å². The van der Waals surface area contributed by atoms with Crippen LogP contribution in [0.25, 0.3) is 0 Å². The van der Waals surface area contributed by atoms with Crippen molar-refractivity contribution in [2.24, 2.45) is 0 Å². The topological polar surface area (TPSA) is 64.6 Å². The van der Waals surface area contributed by atoms with E-state index in [2.05, 4.69) is 5.32 Å². The average Bonchev–Trinajstić information content (AvgIpc) is 2.59. The summed E-state index contributed by atoms with van der Waals surface area (Å²) in [6, 6.07) is 10.00. The zero-order chi connectivity index (χ0) is 19.1. The average molecular weight is 363 g/mol. The van der Waals surface area contributed by atoms with Crippen molar-refractivity contribution in [3.8, 4) is 5.75 Å². The fraction of sp³-hybridized carbons (Fsp3) is 0.263. The molecule has 2 aromatic rings. The van der Waals surface area contributed by atoms with E-state index in [0.29, 0.717) is 5.75 Å². The summed E-state index contributed by atoms with van der Waals surface area (Å²) >= 11 is 0. The van der Waals surface area contributed by atoms with E-state index in [-0.39, 0.29) is 18.7 Å². The lowest BCUT2D eigenvalue weighted by atomic mass is 10.2. The van der Waals surface area contributed by atoms with Crippen LogP contribution in [0.3, 0.4) is 0 Å². The van der Waals surface area contributed by atoms with Gasteiger partial charge in [-0.05, 0) is 38.1 Å². The molecular formula is C19H19F2NO4. The lowest BCUT2D eigenvalue weighted by Gasteiger charge is -2.14. The smallest absolute Gasteiger partial charge is 0.310 e. The Morgan fingerprint density at radius 1 is 1.12 bits per heavy atom. The van der Waals surface area contributed by atoms with Crippen LogP contribution in [0.4, 0.5) is 14.5 Å². The standard InChI is InChI=1S/C19H19F2NO4/c1-12-3-6-15(7-4-12)25-10-9-18(23)26-13(2)19(24)22-17-11-14(20)5-8-16(17)21/h3-8,11,13H,9-10H2,1-2H3,(H,22,24)/t13-/m0/s1. The van der Waals surface area contributed by atoms with Crippen molar-refractivity contribution < 1.29 is 27.8 Å². The molecule has 0 spiro atoms. The van der Waals surface area contributed by atoms with E-state index >= 15 is 0 Å². The fourth-order valence-electron chi connectivity index (χ4n) is 2.02. The van der Waals surface area contributed by atoms with Gasteiger partial charge in [0.05, 0.1) is 18.7 Å². The van der Waals surface area contributed by atoms with Gasteiger partial charge in [0.1, 0.15) is 17.4 Å². The minimum absolute atomic E-state index is 0.0557. The number of benzene rings is 2. The molecule has 0 aliphatic rings. The van der Waals surface area contributed by atoms with Crippen LogP contribution >= 0.6 is 0 Å². The Morgan fingerprint density at radius 2 is 1.81 bits per heavy atom. The number of rotatable bonds is 7. The molecule has 2 aromatic carbocycles. The van der Waals surface area contributed by atoms with Crippen LogP contribution in [0.2, 0.25) is 0 Å². The third-order valence-electron chi connectivity index (χ3n) is 3.46. The Balaban J connectivity index is 1.77. The normalized spacial score (nSPS) is 11.5. The predicted molar refractivity (Wildman–Crippen MR) is 91.8 cm³/mol. The highest BCUT2D eigenvalue weighted by Crippen LogP contribution is 2.16. The van der Waals surface area contributed by atoms with Gasteiger partial charge in [0.2, 0.25) is 0 Å². The maximum atomic E-state index is 13.5. The number of aryl methyl sites for hydroxylation is 1. The summed E-state index contributed by atoms with van der Waals surface area (Å²) < 4.78 is 37.0. The lowest BCUT2D eigenvalue weighted by Crippen LogP contribution is -2.30. The molecule has 0 heterocycles. The van der Waals surface area contributed by atoms with E-state index in [1.807, 2.05) is 19.1 Å². The summed E-state index contributed by atoms with van der Waals surface area (Å²) in [7, 11) is 0. The van der Waals surface area contributed by atoms with Crippen LogP contribution in [0.15, 0.2) is 42.5 Å². The van der Waals surface area contributed by atoms with Gasteiger partial charge in [0, 0.05) is 6.07 Å². The van der Waals surface area contributed by atoms with Crippen LogP contribution in [0.1, 0.15) is 18.9 Å². The van der Waals surface area contributed by atoms with Gasteiger partial charge in [-0.15, -0.1) is 0 Å². The van der Waals surface area contributed by atoms with Crippen molar-refractivity contribution in [1.29, 1.82) is 0 Å². The molecule has 0 saturated heterocycles. The van der Waals surface area contributed by atoms with Crippen LogP contribution in [0, 0.1) is 18.6 Å². The molecular weight excluding hydrogens is 344 g/mol. The summed E-state index contributed by atoms with van der Waals surface area (Å²) in [5, 5.41) is 2.18. The molecule has 0 saturated carbocycles. The molecule has 1 N–H and O–H groups in total. The zero-order valence-corrected chi connectivity index (χ0v) is 14.4. The summed E-state index contributed by atoms with van der Waals surface area (Å²) in [6.07, 6.45) is -1.22. The highest BCUT2D eigenvalue weighted by atomic mass is 19.1. The quantitative estimate of drug-likeness (QED) is 0.763.